The lowest BCUT2D eigenvalue weighted by molar-refractivity contribution is 0.420. The van der Waals surface area contributed by atoms with Gasteiger partial charge in [-0.25, -0.2) is 4.79 Å². The monoisotopic (exact) mass is 468 g/mol. The molecule has 0 bridgehead atoms. The van der Waals surface area contributed by atoms with Gasteiger partial charge in [0.05, 0.1) is 6.54 Å². The number of halogens is 1. The Morgan fingerprint density at radius 2 is 1.70 bits per heavy atom. The van der Waals surface area contributed by atoms with Crippen LogP contribution in [0.15, 0.2) is 56.5 Å². The number of benzene rings is 2. The second-order valence-corrected chi connectivity index (χ2v) is 8.33. The lowest BCUT2D eigenvalue weighted by Gasteiger charge is -2.11. The second kappa shape index (κ2) is 7.60. The predicted octanol–water partition coefficient (Wildman–Crippen LogP) is 3.65. The molecule has 0 aliphatic carbocycles. The average Bonchev–Trinajstić information content (AvgIpc) is 3.02. The molecule has 0 N–H and O–H groups in total. The maximum Gasteiger partial charge on any atom is 0.332 e. The Kier molecular flexibility index (Phi) is 5.11. The molecular formula is C22H21BrN4O3. The first kappa shape index (κ1) is 20.2. The number of aromatic nitrogens is 4. The van der Waals surface area contributed by atoms with Crippen molar-refractivity contribution in [3.8, 4) is 11.8 Å². The number of imidazole rings is 1. The maximum absolute atomic E-state index is 13.0. The van der Waals surface area contributed by atoms with Crippen LogP contribution in [-0.2, 0) is 20.6 Å². The molecule has 0 radical (unpaired) electrons. The summed E-state index contributed by atoms with van der Waals surface area (Å²) in [5, 5.41) is 0. The van der Waals surface area contributed by atoms with Gasteiger partial charge < -0.3 is 4.74 Å². The highest BCUT2D eigenvalue weighted by Crippen LogP contribution is 2.27. The van der Waals surface area contributed by atoms with Gasteiger partial charge in [-0.05, 0) is 54.8 Å². The summed E-state index contributed by atoms with van der Waals surface area (Å²) < 4.78 is 11.2. The molecule has 4 rings (SSSR count). The summed E-state index contributed by atoms with van der Waals surface area (Å²) in [6.07, 6.45) is 0. The van der Waals surface area contributed by atoms with Crippen LogP contribution in [0.2, 0.25) is 0 Å². The van der Waals surface area contributed by atoms with Crippen LogP contribution in [0.4, 0.5) is 0 Å². The Morgan fingerprint density at radius 1 is 1.00 bits per heavy atom. The van der Waals surface area contributed by atoms with E-state index in [0.717, 1.165) is 25.7 Å². The van der Waals surface area contributed by atoms with Crippen LogP contribution in [0.25, 0.3) is 11.2 Å². The van der Waals surface area contributed by atoms with Gasteiger partial charge in [-0.2, -0.15) is 4.98 Å². The van der Waals surface area contributed by atoms with E-state index in [1.54, 1.807) is 11.6 Å². The van der Waals surface area contributed by atoms with E-state index in [2.05, 4.69) is 27.0 Å². The number of aryl methyl sites for hydroxylation is 3. The van der Waals surface area contributed by atoms with Gasteiger partial charge in [0.15, 0.2) is 11.2 Å². The number of hydrogen-bond acceptors (Lipinski definition) is 4. The Labute approximate surface area is 181 Å². The number of fused-ring (bicyclic) bond motifs is 1. The zero-order valence-electron chi connectivity index (χ0n) is 17.1. The van der Waals surface area contributed by atoms with E-state index in [4.69, 9.17) is 4.74 Å². The molecule has 8 heteroatoms. The van der Waals surface area contributed by atoms with E-state index < -0.39 is 11.2 Å². The van der Waals surface area contributed by atoms with E-state index in [1.165, 1.54) is 11.6 Å². The Hall–Kier alpha value is -3.13. The molecule has 0 unspecified atom stereocenters. The number of rotatable bonds is 4. The lowest BCUT2D eigenvalue weighted by Crippen LogP contribution is -2.37. The number of hydrogen-bond donors (Lipinski definition) is 0. The summed E-state index contributed by atoms with van der Waals surface area (Å²) in [6.45, 7) is 4.34. The summed E-state index contributed by atoms with van der Waals surface area (Å²) in [5.74, 6) is 0.625. The Bertz CT molecular complexity index is 1380. The third-order valence-electron chi connectivity index (χ3n) is 4.95. The Balaban J connectivity index is 1.96. The van der Waals surface area contributed by atoms with E-state index in [9.17, 15) is 9.59 Å². The molecular weight excluding hydrogens is 448 g/mol. The van der Waals surface area contributed by atoms with Crippen molar-refractivity contribution in [1.29, 1.82) is 0 Å². The molecule has 7 nitrogen and oxygen atoms in total. The van der Waals surface area contributed by atoms with Crippen molar-refractivity contribution in [1.82, 2.24) is 18.7 Å². The molecule has 2 aromatic carbocycles. The van der Waals surface area contributed by atoms with Gasteiger partial charge in [-0.15, -0.1) is 0 Å². The van der Waals surface area contributed by atoms with Crippen molar-refractivity contribution in [2.45, 2.75) is 20.4 Å². The highest BCUT2D eigenvalue weighted by atomic mass is 79.9. The smallest absolute Gasteiger partial charge is 0.332 e. The van der Waals surface area contributed by atoms with Crippen LogP contribution in [0.3, 0.4) is 0 Å². The molecule has 0 atom stereocenters. The largest absolute Gasteiger partial charge is 0.425 e. The van der Waals surface area contributed by atoms with Gasteiger partial charge in [-0.3, -0.25) is 18.5 Å². The first-order valence-corrected chi connectivity index (χ1v) is 10.2. The first-order valence-electron chi connectivity index (χ1n) is 9.41. The third kappa shape index (κ3) is 3.59. The quantitative estimate of drug-likeness (QED) is 0.458. The van der Waals surface area contributed by atoms with Crippen LogP contribution in [-0.4, -0.2) is 18.7 Å². The van der Waals surface area contributed by atoms with Crippen molar-refractivity contribution in [3.05, 3.63) is 84.5 Å². The highest BCUT2D eigenvalue weighted by molar-refractivity contribution is 9.10. The fraction of sp³-hybridized carbons (Fsp3) is 0.227. The van der Waals surface area contributed by atoms with Gasteiger partial charge in [-0.1, -0.05) is 34.1 Å². The average molecular weight is 469 g/mol. The SMILES string of the molecule is Cc1cc(C)cc(Oc2nc3c(c(=O)n(C)c(=O)n3C)n2Cc2cccc(Br)c2)c1. The van der Waals surface area contributed by atoms with E-state index in [0.29, 0.717) is 17.8 Å². The molecule has 2 heterocycles. The molecule has 30 heavy (non-hydrogen) atoms. The fourth-order valence-electron chi connectivity index (χ4n) is 3.57. The topological polar surface area (TPSA) is 71.1 Å². The molecule has 0 amide bonds. The summed E-state index contributed by atoms with van der Waals surface area (Å²) >= 11 is 3.48. The van der Waals surface area contributed by atoms with E-state index in [-0.39, 0.29) is 11.7 Å². The minimum atomic E-state index is -0.433. The summed E-state index contributed by atoms with van der Waals surface area (Å²) in [6, 6.07) is 13.9. The normalized spacial score (nSPS) is 11.2. The van der Waals surface area contributed by atoms with Crippen LogP contribution in [0.5, 0.6) is 11.8 Å². The minimum absolute atomic E-state index is 0.258. The standard InChI is InChI=1S/C22H21BrN4O3/c1-13-8-14(2)10-17(9-13)30-21-24-19-18(20(28)26(4)22(29)25(19)3)27(21)12-15-6-5-7-16(23)11-15/h5-11H,12H2,1-4H3. The van der Waals surface area contributed by atoms with Gasteiger partial charge in [0.25, 0.3) is 5.56 Å². The zero-order chi connectivity index (χ0) is 21.6. The molecule has 0 saturated heterocycles. The fourth-order valence-corrected chi connectivity index (χ4v) is 4.01. The number of nitrogens with zero attached hydrogens (tertiary/aromatic N) is 4. The Morgan fingerprint density at radius 3 is 2.37 bits per heavy atom. The lowest BCUT2D eigenvalue weighted by atomic mass is 10.1. The molecule has 2 aromatic heterocycles. The van der Waals surface area contributed by atoms with Crippen LogP contribution in [0, 0.1) is 13.8 Å². The van der Waals surface area contributed by atoms with Gasteiger partial charge in [0, 0.05) is 18.6 Å². The second-order valence-electron chi connectivity index (χ2n) is 7.41. The van der Waals surface area contributed by atoms with Crippen LogP contribution < -0.4 is 16.0 Å². The van der Waals surface area contributed by atoms with E-state index in [1.807, 2.05) is 50.2 Å². The molecule has 154 valence electrons. The van der Waals surface area contributed by atoms with Crippen molar-refractivity contribution in [2.24, 2.45) is 14.1 Å². The zero-order valence-corrected chi connectivity index (χ0v) is 18.7. The molecule has 0 aliphatic rings. The van der Waals surface area contributed by atoms with Gasteiger partial charge in [0.2, 0.25) is 0 Å². The van der Waals surface area contributed by atoms with Crippen molar-refractivity contribution in [2.75, 3.05) is 0 Å². The predicted molar refractivity (Wildman–Crippen MR) is 119 cm³/mol. The molecule has 0 fully saturated rings. The summed E-state index contributed by atoms with van der Waals surface area (Å²) in [4.78, 5) is 29.9. The maximum atomic E-state index is 13.0. The molecule has 0 aliphatic heterocycles. The molecule has 0 spiro atoms. The van der Waals surface area contributed by atoms with Crippen molar-refractivity contribution in [3.63, 3.8) is 0 Å². The summed E-state index contributed by atoms with van der Waals surface area (Å²) in [7, 11) is 3.06. The van der Waals surface area contributed by atoms with Crippen molar-refractivity contribution >= 4 is 27.1 Å². The highest BCUT2D eigenvalue weighted by Gasteiger charge is 2.21. The minimum Gasteiger partial charge on any atom is -0.425 e. The van der Waals surface area contributed by atoms with Gasteiger partial charge >= 0.3 is 11.7 Å². The molecule has 4 aromatic rings. The summed E-state index contributed by atoms with van der Waals surface area (Å²) in [5.41, 5.74) is 2.84. The van der Waals surface area contributed by atoms with E-state index >= 15 is 0 Å². The van der Waals surface area contributed by atoms with Gasteiger partial charge in [0.1, 0.15) is 5.75 Å². The third-order valence-corrected chi connectivity index (χ3v) is 5.44. The van der Waals surface area contributed by atoms with Crippen LogP contribution >= 0.6 is 15.9 Å². The van der Waals surface area contributed by atoms with Crippen LogP contribution in [0.1, 0.15) is 16.7 Å². The first-order chi connectivity index (χ1) is 14.2. The molecule has 0 saturated carbocycles. The number of ether oxygens (including phenoxy) is 1. The van der Waals surface area contributed by atoms with Crippen molar-refractivity contribution < 1.29 is 4.74 Å².